The van der Waals surface area contributed by atoms with Crippen LogP contribution in [0, 0.1) is 5.41 Å². The number of allylic oxidation sites excluding steroid dienone is 1. The molecule has 0 saturated carbocycles. The lowest BCUT2D eigenvalue weighted by molar-refractivity contribution is -0.131. The van der Waals surface area contributed by atoms with Crippen molar-refractivity contribution in [3.05, 3.63) is 40.9 Å². The molecule has 3 heteroatoms. The van der Waals surface area contributed by atoms with Crippen molar-refractivity contribution in [1.82, 2.24) is 0 Å². The summed E-state index contributed by atoms with van der Waals surface area (Å²) in [6, 6.07) is 7.23. The van der Waals surface area contributed by atoms with Crippen molar-refractivity contribution in [2.24, 2.45) is 5.41 Å². The van der Waals surface area contributed by atoms with Gasteiger partial charge in [-0.15, -0.1) is 0 Å². The first-order valence-corrected chi connectivity index (χ1v) is 5.39. The lowest BCUT2D eigenvalue weighted by Crippen LogP contribution is -2.10. The summed E-state index contributed by atoms with van der Waals surface area (Å²) in [7, 11) is 0. The van der Waals surface area contributed by atoms with Crippen molar-refractivity contribution in [3.8, 4) is 0 Å². The normalized spacial score (nSPS) is 12.6. The molecule has 0 radical (unpaired) electrons. The third-order valence-electron chi connectivity index (χ3n) is 2.21. The van der Waals surface area contributed by atoms with E-state index in [1.165, 1.54) is 6.08 Å². The summed E-state index contributed by atoms with van der Waals surface area (Å²) < 4.78 is 0. The number of carboxylic acids is 1. The second-order valence-electron chi connectivity index (χ2n) is 4.66. The fourth-order valence-electron chi connectivity index (χ4n) is 1.51. The highest BCUT2D eigenvalue weighted by molar-refractivity contribution is 6.30. The number of carbonyl (C=O) groups is 1. The zero-order chi connectivity index (χ0) is 12.3. The van der Waals surface area contributed by atoms with Gasteiger partial charge >= 0.3 is 5.97 Å². The molecule has 86 valence electrons. The molecule has 0 fully saturated rings. The number of halogens is 1. The van der Waals surface area contributed by atoms with Gasteiger partial charge in [-0.2, -0.15) is 0 Å². The Balaban J connectivity index is 3.28. The highest BCUT2D eigenvalue weighted by Crippen LogP contribution is 2.34. The van der Waals surface area contributed by atoms with Crippen LogP contribution in [0.15, 0.2) is 30.3 Å². The Kier molecular flexibility index (Phi) is 3.76. The third kappa shape index (κ3) is 3.38. The quantitative estimate of drug-likeness (QED) is 0.795. The van der Waals surface area contributed by atoms with E-state index < -0.39 is 5.97 Å². The summed E-state index contributed by atoms with van der Waals surface area (Å²) in [5.74, 6) is -0.940. The smallest absolute Gasteiger partial charge is 0.328 e. The van der Waals surface area contributed by atoms with Crippen LogP contribution in [-0.2, 0) is 4.79 Å². The summed E-state index contributed by atoms with van der Waals surface area (Å²) in [5.41, 5.74) is 1.38. The van der Waals surface area contributed by atoms with Crippen LogP contribution >= 0.6 is 11.6 Å². The summed E-state index contributed by atoms with van der Waals surface area (Å²) in [5, 5.41) is 9.48. The second-order valence-corrected chi connectivity index (χ2v) is 5.09. The molecule has 1 aromatic rings. The molecule has 0 bridgehead atoms. The van der Waals surface area contributed by atoms with Gasteiger partial charge in [-0.3, -0.25) is 0 Å². The molecule has 2 nitrogen and oxygen atoms in total. The van der Waals surface area contributed by atoms with E-state index in [4.69, 9.17) is 16.7 Å². The molecule has 1 N–H and O–H groups in total. The Bertz CT molecular complexity index is 428. The van der Waals surface area contributed by atoms with Crippen LogP contribution < -0.4 is 0 Å². The fraction of sp³-hybridized carbons (Fsp3) is 0.308. The lowest BCUT2D eigenvalue weighted by Gasteiger charge is -2.23. The molecule has 0 amide bonds. The fourth-order valence-corrected chi connectivity index (χ4v) is 1.70. The van der Waals surface area contributed by atoms with Crippen LogP contribution in [0.1, 0.15) is 26.3 Å². The minimum Gasteiger partial charge on any atom is -0.478 e. The number of hydrogen-bond donors (Lipinski definition) is 1. The Morgan fingerprint density at radius 3 is 2.44 bits per heavy atom. The summed E-state index contributed by atoms with van der Waals surface area (Å²) in [6.45, 7) is 5.92. The molecule has 0 heterocycles. The monoisotopic (exact) mass is 238 g/mol. The van der Waals surface area contributed by atoms with Crippen molar-refractivity contribution < 1.29 is 9.90 Å². The lowest BCUT2D eigenvalue weighted by atomic mass is 9.82. The van der Waals surface area contributed by atoms with E-state index in [1.807, 2.05) is 32.9 Å². The first kappa shape index (κ1) is 12.8. The highest BCUT2D eigenvalue weighted by Gasteiger charge is 2.20. The molecule has 0 spiro atoms. The number of benzene rings is 1. The molecule has 0 aliphatic carbocycles. The maximum absolute atomic E-state index is 10.8. The molecule has 0 unspecified atom stereocenters. The van der Waals surface area contributed by atoms with Crippen LogP contribution in [0.3, 0.4) is 0 Å². The first-order chi connectivity index (χ1) is 7.30. The van der Waals surface area contributed by atoms with Gasteiger partial charge in [0.05, 0.1) is 0 Å². The molecular formula is C13H15ClO2. The molecule has 1 rings (SSSR count). The van der Waals surface area contributed by atoms with Gasteiger partial charge in [0.15, 0.2) is 0 Å². The molecule has 0 atom stereocenters. The van der Waals surface area contributed by atoms with Crippen molar-refractivity contribution in [3.63, 3.8) is 0 Å². The molecule has 1 aromatic carbocycles. The van der Waals surface area contributed by atoms with Gasteiger partial charge < -0.3 is 5.11 Å². The van der Waals surface area contributed by atoms with Crippen LogP contribution in [0.2, 0.25) is 5.02 Å². The zero-order valence-electron chi connectivity index (χ0n) is 9.62. The molecule has 0 aliphatic rings. The SMILES string of the molecule is CC(C)(C)/C(=C/C(=O)O)c1cccc(Cl)c1. The van der Waals surface area contributed by atoms with E-state index in [1.54, 1.807) is 12.1 Å². The van der Waals surface area contributed by atoms with E-state index in [9.17, 15) is 4.79 Å². The van der Waals surface area contributed by atoms with Gasteiger partial charge in [-0.1, -0.05) is 44.5 Å². The molecule has 0 aliphatic heterocycles. The predicted molar refractivity (Wildman–Crippen MR) is 66.5 cm³/mol. The van der Waals surface area contributed by atoms with E-state index in [0.29, 0.717) is 5.02 Å². The summed E-state index contributed by atoms with van der Waals surface area (Å²) in [4.78, 5) is 10.8. The molecule has 0 saturated heterocycles. The Morgan fingerprint density at radius 1 is 1.38 bits per heavy atom. The Labute approximate surface area is 101 Å². The second kappa shape index (κ2) is 4.71. The standard InChI is InChI=1S/C13H15ClO2/c1-13(2,3)11(8-12(15)16)9-5-4-6-10(14)7-9/h4-8H,1-3H3,(H,15,16)/b11-8+. The third-order valence-corrected chi connectivity index (χ3v) is 2.45. The average molecular weight is 239 g/mol. The minimum atomic E-state index is -0.940. The van der Waals surface area contributed by atoms with Crippen molar-refractivity contribution in [2.75, 3.05) is 0 Å². The predicted octanol–water partition coefficient (Wildman–Crippen LogP) is 3.85. The summed E-state index contributed by atoms with van der Waals surface area (Å²) in [6.07, 6.45) is 1.24. The number of rotatable bonds is 2. The van der Waals surface area contributed by atoms with E-state index in [2.05, 4.69) is 0 Å². The number of carboxylic acid groups (broad SMARTS) is 1. The zero-order valence-corrected chi connectivity index (χ0v) is 10.4. The van der Waals surface area contributed by atoms with Crippen molar-refractivity contribution in [2.45, 2.75) is 20.8 Å². The summed E-state index contributed by atoms with van der Waals surface area (Å²) >= 11 is 5.90. The van der Waals surface area contributed by atoms with E-state index in [0.717, 1.165) is 11.1 Å². The van der Waals surface area contributed by atoms with Gasteiger partial charge in [0, 0.05) is 11.1 Å². The Hall–Kier alpha value is -1.28. The van der Waals surface area contributed by atoms with Gasteiger partial charge in [0.2, 0.25) is 0 Å². The molecule has 16 heavy (non-hydrogen) atoms. The largest absolute Gasteiger partial charge is 0.478 e. The van der Waals surface area contributed by atoms with Gasteiger partial charge in [0.25, 0.3) is 0 Å². The van der Waals surface area contributed by atoms with E-state index >= 15 is 0 Å². The van der Waals surface area contributed by atoms with Gasteiger partial charge in [0.1, 0.15) is 0 Å². The maximum Gasteiger partial charge on any atom is 0.328 e. The van der Waals surface area contributed by atoms with Gasteiger partial charge in [-0.05, 0) is 28.7 Å². The topological polar surface area (TPSA) is 37.3 Å². The van der Waals surface area contributed by atoms with Crippen LogP contribution in [0.4, 0.5) is 0 Å². The maximum atomic E-state index is 10.8. The van der Waals surface area contributed by atoms with Crippen molar-refractivity contribution >= 4 is 23.1 Å². The first-order valence-electron chi connectivity index (χ1n) is 5.02. The van der Waals surface area contributed by atoms with Crippen LogP contribution in [0.25, 0.3) is 5.57 Å². The molecular weight excluding hydrogens is 224 g/mol. The van der Waals surface area contributed by atoms with E-state index in [-0.39, 0.29) is 5.41 Å². The van der Waals surface area contributed by atoms with Crippen LogP contribution in [0.5, 0.6) is 0 Å². The molecule has 0 aromatic heterocycles. The Morgan fingerprint density at radius 2 is 2.00 bits per heavy atom. The van der Waals surface area contributed by atoms with Gasteiger partial charge in [-0.25, -0.2) is 4.79 Å². The van der Waals surface area contributed by atoms with Crippen LogP contribution in [-0.4, -0.2) is 11.1 Å². The minimum absolute atomic E-state index is 0.233. The average Bonchev–Trinajstić information content (AvgIpc) is 2.12. The van der Waals surface area contributed by atoms with Crippen molar-refractivity contribution in [1.29, 1.82) is 0 Å². The highest BCUT2D eigenvalue weighted by atomic mass is 35.5. The number of aliphatic carboxylic acids is 1. The number of hydrogen-bond acceptors (Lipinski definition) is 1.